The Morgan fingerprint density at radius 2 is 2.27 bits per heavy atom. The van der Waals surface area contributed by atoms with Gasteiger partial charge in [0.05, 0.1) is 0 Å². The molecule has 1 rings (SSSR count). The Kier molecular flexibility index (Phi) is 5.43. The topological polar surface area (TPSA) is 26.0 Å². The van der Waals surface area contributed by atoms with Crippen LogP contribution in [0.2, 0.25) is 5.02 Å². The van der Waals surface area contributed by atoms with Gasteiger partial charge < -0.3 is 5.73 Å². The summed E-state index contributed by atoms with van der Waals surface area (Å²) in [6, 6.07) is 4.75. The van der Waals surface area contributed by atoms with Crippen molar-refractivity contribution >= 4 is 23.4 Å². The summed E-state index contributed by atoms with van der Waals surface area (Å²) in [5.74, 6) is 0.748. The van der Waals surface area contributed by atoms with E-state index in [0.717, 1.165) is 12.2 Å². The van der Waals surface area contributed by atoms with Crippen molar-refractivity contribution in [3.05, 3.63) is 34.6 Å². The number of hydrogen-bond donors (Lipinski definition) is 1. The molecule has 1 unspecified atom stereocenters. The third-order valence-electron chi connectivity index (χ3n) is 2.19. The van der Waals surface area contributed by atoms with E-state index >= 15 is 0 Å². The van der Waals surface area contributed by atoms with Crippen LogP contribution in [0.3, 0.4) is 0 Å². The molecule has 0 aliphatic rings. The summed E-state index contributed by atoms with van der Waals surface area (Å²) in [4.78, 5) is 0. The van der Waals surface area contributed by atoms with Crippen LogP contribution in [0.15, 0.2) is 18.2 Å². The van der Waals surface area contributed by atoms with Crippen molar-refractivity contribution < 1.29 is 4.39 Å². The number of benzene rings is 1. The van der Waals surface area contributed by atoms with E-state index in [1.807, 2.05) is 6.26 Å². The fourth-order valence-electron chi connectivity index (χ4n) is 1.34. The molecule has 0 heterocycles. The number of hydrogen-bond acceptors (Lipinski definition) is 2. The third-order valence-corrected chi connectivity index (χ3v) is 3.07. The predicted octanol–water partition coefficient (Wildman–Crippen LogP) is 3.10. The molecule has 0 aliphatic carbocycles. The van der Waals surface area contributed by atoms with E-state index in [-0.39, 0.29) is 11.9 Å². The second-order valence-corrected chi connectivity index (χ2v) is 4.90. The van der Waals surface area contributed by atoms with Crippen LogP contribution in [0.4, 0.5) is 4.39 Å². The molecule has 1 atom stereocenters. The second-order valence-electron chi connectivity index (χ2n) is 3.48. The van der Waals surface area contributed by atoms with Gasteiger partial charge in [-0.3, -0.25) is 0 Å². The van der Waals surface area contributed by atoms with Crippen molar-refractivity contribution in [2.45, 2.75) is 18.9 Å². The summed E-state index contributed by atoms with van der Waals surface area (Å²) in [5, 5.41) is 0.425. The van der Waals surface area contributed by atoms with Gasteiger partial charge in [0.1, 0.15) is 5.82 Å². The first-order valence-electron chi connectivity index (χ1n) is 4.82. The Balaban J connectivity index is 2.56. The van der Waals surface area contributed by atoms with Crippen molar-refractivity contribution in [1.29, 1.82) is 0 Å². The highest BCUT2D eigenvalue weighted by atomic mass is 35.5. The molecule has 84 valence electrons. The van der Waals surface area contributed by atoms with Crippen molar-refractivity contribution in [3.8, 4) is 0 Å². The minimum atomic E-state index is -0.262. The lowest BCUT2D eigenvalue weighted by Crippen LogP contribution is -2.24. The summed E-state index contributed by atoms with van der Waals surface area (Å²) in [6.07, 6.45) is 3.52. The van der Waals surface area contributed by atoms with Crippen LogP contribution in [0.5, 0.6) is 0 Å². The molecule has 0 spiro atoms. The van der Waals surface area contributed by atoms with Crippen molar-refractivity contribution in [2.24, 2.45) is 5.73 Å². The molecule has 0 saturated heterocycles. The average molecular weight is 248 g/mol. The number of thioether (sulfide) groups is 1. The normalized spacial score (nSPS) is 12.8. The average Bonchev–Trinajstić information content (AvgIpc) is 2.19. The second kappa shape index (κ2) is 6.36. The standard InChI is InChI=1S/C11H15ClFNS/c1-15-5-4-10(14)6-8-2-3-9(12)7-11(8)13/h2-3,7,10H,4-6,14H2,1H3. The van der Waals surface area contributed by atoms with Crippen molar-refractivity contribution in [3.63, 3.8) is 0 Å². The Bertz CT molecular complexity index is 319. The molecule has 4 heteroatoms. The first-order chi connectivity index (χ1) is 7.13. The van der Waals surface area contributed by atoms with Gasteiger partial charge in [0.2, 0.25) is 0 Å². The summed E-state index contributed by atoms with van der Waals surface area (Å²) in [5.41, 5.74) is 6.53. The zero-order valence-corrected chi connectivity index (χ0v) is 10.2. The van der Waals surface area contributed by atoms with Crippen LogP contribution in [0.1, 0.15) is 12.0 Å². The summed E-state index contributed by atoms with van der Waals surface area (Å²) in [6.45, 7) is 0. The molecule has 1 aromatic rings. The fourth-order valence-corrected chi connectivity index (χ4v) is 2.04. The zero-order valence-electron chi connectivity index (χ0n) is 8.67. The molecule has 0 bridgehead atoms. The van der Waals surface area contributed by atoms with Crippen LogP contribution < -0.4 is 5.73 Å². The lowest BCUT2D eigenvalue weighted by molar-refractivity contribution is 0.580. The van der Waals surface area contributed by atoms with Gasteiger partial charge >= 0.3 is 0 Å². The highest BCUT2D eigenvalue weighted by Crippen LogP contribution is 2.16. The first kappa shape index (κ1) is 12.8. The number of rotatable bonds is 5. The maximum absolute atomic E-state index is 13.4. The van der Waals surface area contributed by atoms with Crippen LogP contribution in [-0.2, 0) is 6.42 Å². The molecule has 15 heavy (non-hydrogen) atoms. The minimum absolute atomic E-state index is 0.0214. The van der Waals surface area contributed by atoms with Gasteiger partial charge in [-0.05, 0) is 42.5 Å². The van der Waals surface area contributed by atoms with E-state index in [4.69, 9.17) is 17.3 Å². The zero-order chi connectivity index (χ0) is 11.3. The molecule has 0 saturated carbocycles. The molecule has 0 aliphatic heterocycles. The van der Waals surface area contributed by atoms with Gasteiger partial charge in [-0.25, -0.2) is 4.39 Å². The molecule has 0 fully saturated rings. The molecular weight excluding hydrogens is 233 g/mol. The Morgan fingerprint density at radius 1 is 1.53 bits per heavy atom. The Hall–Kier alpha value is -0.250. The minimum Gasteiger partial charge on any atom is -0.327 e. The van der Waals surface area contributed by atoms with E-state index in [1.165, 1.54) is 6.07 Å². The molecule has 2 N–H and O–H groups in total. The van der Waals surface area contributed by atoms with Crippen LogP contribution in [0, 0.1) is 5.82 Å². The summed E-state index contributed by atoms with van der Waals surface area (Å²) >= 11 is 7.41. The molecular formula is C11H15ClFNS. The van der Waals surface area contributed by atoms with Gasteiger partial charge in [0.15, 0.2) is 0 Å². The molecule has 0 aromatic heterocycles. The van der Waals surface area contributed by atoms with Crippen molar-refractivity contribution in [1.82, 2.24) is 0 Å². The van der Waals surface area contributed by atoms with E-state index in [2.05, 4.69) is 0 Å². The van der Waals surface area contributed by atoms with Gasteiger partial charge in [0, 0.05) is 11.1 Å². The SMILES string of the molecule is CSCCC(N)Cc1ccc(Cl)cc1F. The van der Waals surface area contributed by atoms with Crippen LogP contribution in [-0.4, -0.2) is 18.1 Å². The Morgan fingerprint density at radius 3 is 2.87 bits per heavy atom. The van der Waals surface area contributed by atoms with Gasteiger partial charge in [-0.2, -0.15) is 11.8 Å². The quantitative estimate of drug-likeness (QED) is 0.865. The highest BCUT2D eigenvalue weighted by Gasteiger charge is 2.08. The lowest BCUT2D eigenvalue weighted by Gasteiger charge is -2.11. The third kappa shape index (κ3) is 4.41. The van der Waals surface area contributed by atoms with Gasteiger partial charge in [0.25, 0.3) is 0 Å². The van der Waals surface area contributed by atoms with Crippen LogP contribution in [0.25, 0.3) is 0 Å². The monoisotopic (exact) mass is 247 g/mol. The van der Waals surface area contributed by atoms with E-state index in [1.54, 1.807) is 23.9 Å². The van der Waals surface area contributed by atoms with E-state index < -0.39 is 0 Å². The maximum atomic E-state index is 13.4. The maximum Gasteiger partial charge on any atom is 0.127 e. The molecule has 0 amide bonds. The first-order valence-corrected chi connectivity index (χ1v) is 6.59. The molecule has 0 radical (unpaired) electrons. The smallest absolute Gasteiger partial charge is 0.127 e. The van der Waals surface area contributed by atoms with E-state index in [9.17, 15) is 4.39 Å². The number of nitrogens with two attached hydrogens (primary N) is 1. The largest absolute Gasteiger partial charge is 0.327 e. The lowest BCUT2D eigenvalue weighted by atomic mass is 10.0. The van der Waals surface area contributed by atoms with Gasteiger partial charge in [-0.15, -0.1) is 0 Å². The predicted molar refractivity (Wildman–Crippen MR) is 66.1 cm³/mol. The fraction of sp³-hybridized carbons (Fsp3) is 0.455. The van der Waals surface area contributed by atoms with E-state index in [0.29, 0.717) is 17.0 Å². The number of halogens is 2. The summed E-state index contributed by atoms with van der Waals surface area (Å²) in [7, 11) is 0. The van der Waals surface area contributed by atoms with Crippen molar-refractivity contribution in [2.75, 3.05) is 12.0 Å². The van der Waals surface area contributed by atoms with Crippen LogP contribution >= 0.6 is 23.4 Å². The summed E-state index contributed by atoms with van der Waals surface area (Å²) < 4.78 is 13.4. The highest BCUT2D eigenvalue weighted by molar-refractivity contribution is 7.98. The Labute approximate surface area is 99.2 Å². The molecule has 1 nitrogen and oxygen atoms in total. The van der Waals surface area contributed by atoms with Gasteiger partial charge in [-0.1, -0.05) is 17.7 Å². The molecule has 1 aromatic carbocycles.